The third-order valence-electron chi connectivity index (χ3n) is 3.24. The first-order valence-electron chi connectivity index (χ1n) is 6.55. The van der Waals surface area contributed by atoms with Gasteiger partial charge < -0.3 is 19.5 Å². The lowest BCUT2D eigenvalue weighted by atomic mass is 10.3. The third kappa shape index (κ3) is 3.45. The van der Waals surface area contributed by atoms with Crippen LogP contribution in [0.4, 0.5) is 5.95 Å². The number of aromatic nitrogens is 2. The van der Waals surface area contributed by atoms with E-state index in [0.29, 0.717) is 0 Å². The lowest BCUT2D eigenvalue weighted by molar-refractivity contribution is 0.163. The van der Waals surface area contributed by atoms with Gasteiger partial charge in [0.2, 0.25) is 5.95 Å². The fraction of sp³-hybridized carbons (Fsp3) is 0.500. The number of nitrogens with one attached hydrogen (secondary N) is 1. The molecule has 0 unspecified atom stereocenters. The summed E-state index contributed by atoms with van der Waals surface area (Å²) in [6, 6.07) is 8.16. The molecule has 0 saturated carbocycles. The van der Waals surface area contributed by atoms with E-state index in [0.717, 1.165) is 43.2 Å². The van der Waals surface area contributed by atoms with Crippen LogP contribution in [0.3, 0.4) is 0 Å². The molecule has 0 spiro atoms. The van der Waals surface area contributed by atoms with Crippen molar-refractivity contribution in [1.82, 2.24) is 14.5 Å². The van der Waals surface area contributed by atoms with Crippen LogP contribution in [0.2, 0.25) is 0 Å². The first-order valence-corrected chi connectivity index (χ1v) is 6.55. The average Bonchev–Trinajstić information content (AvgIpc) is 2.74. The Hall–Kier alpha value is -1.59. The summed E-state index contributed by atoms with van der Waals surface area (Å²) >= 11 is 0. The quantitative estimate of drug-likeness (QED) is 0.822. The smallest absolute Gasteiger partial charge is 0.203 e. The number of ether oxygens (including phenoxy) is 1. The molecule has 0 atom stereocenters. The Balaban J connectivity index is 1.89. The number of para-hydroxylation sites is 2. The first kappa shape index (κ1) is 13.8. The number of aryl methyl sites for hydroxylation is 1. The summed E-state index contributed by atoms with van der Waals surface area (Å²) in [4.78, 5) is 6.82. The summed E-state index contributed by atoms with van der Waals surface area (Å²) in [5.74, 6) is 0.918. The van der Waals surface area contributed by atoms with Crippen molar-refractivity contribution in [3.05, 3.63) is 24.3 Å². The molecule has 1 N–H and O–H groups in total. The standard InChI is InChI=1S/C14H22N4O/c1-17(10-11-19-3)9-8-15-14-16-12-6-4-5-7-13(12)18(14)2/h4-7H,8-11H2,1-3H3,(H,15,16). The molecule has 0 radical (unpaired) electrons. The van der Waals surface area contributed by atoms with Crippen molar-refractivity contribution in [3.8, 4) is 0 Å². The Labute approximate surface area is 114 Å². The van der Waals surface area contributed by atoms with Gasteiger partial charge in [-0.15, -0.1) is 0 Å². The number of anilines is 1. The van der Waals surface area contributed by atoms with E-state index in [1.807, 2.05) is 25.2 Å². The highest BCUT2D eigenvalue weighted by Crippen LogP contribution is 2.17. The van der Waals surface area contributed by atoms with Gasteiger partial charge in [-0.3, -0.25) is 0 Å². The van der Waals surface area contributed by atoms with Crippen LogP contribution in [0.5, 0.6) is 0 Å². The van der Waals surface area contributed by atoms with E-state index in [4.69, 9.17) is 4.74 Å². The summed E-state index contributed by atoms with van der Waals surface area (Å²) in [5.41, 5.74) is 2.18. The van der Waals surface area contributed by atoms with Crippen molar-refractivity contribution in [3.63, 3.8) is 0 Å². The molecular weight excluding hydrogens is 240 g/mol. The summed E-state index contributed by atoms with van der Waals surface area (Å²) in [6.45, 7) is 3.55. The minimum absolute atomic E-state index is 0.767. The number of hydrogen-bond acceptors (Lipinski definition) is 4. The zero-order valence-corrected chi connectivity index (χ0v) is 11.9. The van der Waals surface area contributed by atoms with E-state index in [9.17, 15) is 0 Å². The number of fused-ring (bicyclic) bond motifs is 1. The van der Waals surface area contributed by atoms with E-state index in [-0.39, 0.29) is 0 Å². The van der Waals surface area contributed by atoms with E-state index >= 15 is 0 Å². The highest BCUT2D eigenvalue weighted by molar-refractivity contribution is 5.78. The van der Waals surface area contributed by atoms with Gasteiger partial charge in [0, 0.05) is 33.8 Å². The molecule has 104 valence electrons. The number of likely N-dealkylation sites (N-methyl/N-ethyl adjacent to an activating group) is 1. The van der Waals surface area contributed by atoms with Crippen molar-refractivity contribution in [2.24, 2.45) is 7.05 Å². The maximum atomic E-state index is 5.06. The number of rotatable bonds is 7. The molecule has 0 aliphatic carbocycles. The van der Waals surface area contributed by atoms with Gasteiger partial charge >= 0.3 is 0 Å². The summed E-state index contributed by atoms with van der Waals surface area (Å²) in [7, 11) is 5.85. The monoisotopic (exact) mass is 262 g/mol. The molecule has 0 saturated heterocycles. The highest BCUT2D eigenvalue weighted by atomic mass is 16.5. The Morgan fingerprint density at radius 2 is 2.11 bits per heavy atom. The molecule has 0 aliphatic rings. The second-order valence-corrected chi connectivity index (χ2v) is 4.71. The van der Waals surface area contributed by atoms with Crippen LogP contribution >= 0.6 is 0 Å². The second kappa shape index (κ2) is 6.54. The van der Waals surface area contributed by atoms with Gasteiger partial charge in [-0.2, -0.15) is 0 Å². The molecule has 5 heteroatoms. The first-order chi connectivity index (χ1) is 9.22. The molecular formula is C14H22N4O. The highest BCUT2D eigenvalue weighted by Gasteiger charge is 2.06. The van der Waals surface area contributed by atoms with Crippen molar-refractivity contribution in [2.75, 3.05) is 45.7 Å². The van der Waals surface area contributed by atoms with Gasteiger partial charge in [-0.25, -0.2) is 4.98 Å². The number of imidazole rings is 1. The molecule has 5 nitrogen and oxygen atoms in total. The molecule has 0 aliphatic heterocycles. The molecule has 1 heterocycles. The minimum Gasteiger partial charge on any atom is -0.383 e. The Kier molecular flexibility index (Phi) is 4.76. The predicted octanol–water partition coefficient (Wildman–Crippen LogP) is 1.56. The zero-order chi connectivity index (χ0) is 13.7. The van der Waals surface area contributed by atoms with Gasteiger partial charge in [0.05, 0.1) is 17.6 Å². The van der Waals surface area contributed by atoms with Gasteiger partial charge in [0.15, 0.2) is 0 Å². The molecule has 19 heavy (non-hydrogen) atoms. The van der Waals surface area contributed by atoms with Gasteiger partial charge in [-0.05, 0) is 19.2 Å². The normalized spacial score (nSPS) is 11.4. The molecule has 0 fully saturated rings. The largest absolute Gasteiger partial charge is 0.383 e. The van der Waals surface area contributed by atoms with Crippen LogP contribution in [-0.2, 0) is 11.8 Å². The maximum absolute atomic E-state index is 5.06. The van der Waals surface area contributed by atoms with E-state index in [2.05, 4.69) is 32.9 Å². The molecule has 0 amide bonds. The molecule has 1 aromatic heterocycles. The summed E-state index contributed by atoms with van der Waals surface area (Å²) < 4.78 is 7.15. The van der Waals surface area contributed by atoms with Crippen molar-refractivity contribution >= 4 is 17.0 Å². The summed E-state index contributed by atoms with van der Waals surface area (Å²) in [5, 5.41) is 3.38. The lowest BCUT2D eigenvalue weighted by Crippen LogP contribution is -2.28. The minimum atomic E-state index is 0.767. The van der Waals surface area contributed by atoms with Gasteiger partial charge in [0.25, 0.3) is 0 Å². The van der Waals surface area contributed by atoms with Crippen LogP contribution < -0.4 is 5.32 Å². The Bertz CT molecular complexity index is 523. The molecule has 2 rings (SSSR count). The van der Waals surface area contributed by atoms with Crippen LogP contribution in [0.15, 0.2) is 24.3 Å². The Morgan fingerprint density at radius 1 is 1.32 bits per heavy atom. The Morgan fingerprint density at radius 3 is 2.84 bits per heavy atom. The summed E-state index contributed by atoms with van der Waals surface area (Å²) in [6.07, 6.45) is 0. The van der Waals surface area contributed by atoms with E-state index in [1.165, 1.54) is 0 Å². The average molecular weight is 262 g/mol. The second-order valence-electron chi connectivity index (χ2n) is 4.71. The molecule has 2 aromatic rings. The molecule has 0 bridgehead atoms. The van der Waals surface area contributed by atoms with Crippen LogP contribution in [-0.4, -0.2) is 54.8 Å². The number of nitrogens with zero attached hydrogens (tertiary/aromatic N) is 3. The van der Waals surface area contributed by atoms with Crippen molar-refractivity contribution in [2.45, 2.75) is 0 Å². The zero-order valence-electron chi connectivity index (χ0n) is 11.9. The van der Waals surface area contributed by atoms with Crippen LogP contribution in [0.25, 0.3) is 11.0 Å². The fourth-order valence-electron chi connectivity index (χ4n) is 2.02. The topological polar surface area (TPSA) is 42.3 Å². The molecule has 1 aromatic carbocycles. The van der Waals surface area contributed by atoms with Crippen LogP contribution in [0, 0.1) is 0 Å². The van der Waals surface area contributed by atoms with E-state index in [1.54, 1.807) is 7.11 Å². The van der Waals surface area contributed by atoms with Crippen LogP contribution in [0.1, 0.15) is 0 Å². The maximum Gasteiger partial charge on any atom is 0.203 e. The lowest BCUT2D eigenvalue weighted by Gasteiger charge is -2.16. The SMILES string of the molecule is COCCN(C)CCNc1nc2ccccc2n1C. The third-order valence-corrected chi connectivity index (χ3v) is 3.24. The predicted molar refractivity (Wildman–Crippen MR) is 78.6 cm³/mol. The number of hydrogen-bond donors (Lipinski definition) is 1. The fourth-order valence-corrected chi connectivity index (χ4v) is 2.02. The van der Waals surface area contributed by atoms with Gasteiger partial charge in [0.1, 0.15) is 0 Å². The number of benzene rings is 1. The van der Waals surface area contributed by atoms with E-state index < -0.39 is 0 Å². The number of methoxy groups -OCH3 is 1. The van der Waals surface area contributed by atoms with Gasteiger partial charge in [-0.1, -0.05) is 12.1 Å². The van der Waals surface area contributed by atoms with Crippen molar-refractivity contribution < 1.29 is 4.74 Å². The van der Waals surface area contributed by atoms with Crippen molar-refractivity contribution in [1.29, 1.82) is 0 Å².